The molecule has 0 rings (SSSR count). The Kier molecular flexibility index (Phi) is 7.39. The van der Waals surface area contributed by atoms with Gasteiger partial charge in [0.1, 0.15) is 0 Å². The maximum atomic E-state index is 5.39. The van der Waals surface area contributed by atoms with Gasteiger partial charge in [0.25, 0.3) is 0 Å². The molecule has 0 saturated carbocycles. The van der Waals surface area contributed by atoms with E-state index in [-0.39, 0.29) is 12.1 Å². The molecule has 3 N–H and O–H groups in total. The van der Waals surface area contributed by atoms with E-state index < -0.39 is 0 Å². The number of methoxy groups -OCH3 is 1. The lowest BCUT2D eigenvalue weighted by atomic mass is 10.2. The minimum Gasteiger partial charge on any atom is -0.385 e. The van der Waals surface area contributed by atoms with Gasteiger partial charge >= 0.3 is 0 Å². The number of rotatable bonds is 7. The second-order valence-corrected chi connectivity index (χ2v) is 3.03. The molecule has 0 heterocycles. The van der Waals surface area contributed by atoms with Gasteiger partial charge in [-0.2, -0.15) is 0 Å². The molecule has 0 radical (unpaired) electrons. The second-order valence-electron chi connectivity index (χ2n) is 3.03. The van der Waals surface area contributed by atoms with Crippen LogP contribution in [0.5, 0.6) is 0 Å². The first-order valence-electron chi connectivity index (χ1n) is 4.27. The summed E-state index contributed by atoms with van der Waals surface area (Å²) in [5.41, 5.74) is 2.69. The van der Waals surface area contributed by atoms with Gasteiger partial charge in [-0.25, -0.2) is 0 Å². The summed E-state index contributed by atoms with van der Waals surface area (Å²) in [6.45, 7) is 5.35. The number of hydrogen-bond donors (Lipinski definition) is 2. The van der Waals surface area contributed by atoms with Crippen molar-refractivity contribution in [3.8, 4) is 0 Å². The van der Waals surface area contributed by atoms with Gasteiger partial charge in [-0.3, -0.25) is 11.3 Å². The van der Waals surface area contributed by atoms with Gasteiger partial charge in [0, 0.05) is 19.8 Å². The zero-order valence-corrected chi connectivity index (χ0v) is 8.17. The standard InChI is InChI=1S/C8H20N2O2/c1-7(2)12-6-8(10-9)4-5-11-3/h7-8,10H,4-6,9H2,1-3H3. The van der Waals surface area contributed by atoms with Crippen LogP contribution in [-0.4, -0.2) is 32.5 Å². The fourth-order valence-electron chi connectivity index (χ4n) is 0.783. The number of nitrogens with one attached hydrogen (secondary N) is 1. The van der Waals surface area contributed by atoms with Gasteiger partial charge in [-0.05, 0) is 20.3 Å². The Labute approximate surface area is 74.4 Å². The molecule has 0 bridgehead atoms. The van der Waals surface area contributed by atoms with Gasteiger partial charge in [0.2, 0.25) is 0 Å². The predicted molar refractivity (Wildman–Crippen MR) is 48.7 cm³/mol. The summed E-state index contributed by atoms with van der Waals surface area (Å²) in [4.78, 5) is 0. The van der Waals surface area contributed by atoms with E-state index in [4.69, 9.17) is 15.3 Å². The fraction of sp³-hybridized carbons (Fsp3) is 1.00. The lowest BCUT2D eigenvalue weighted by Crippen LogP contribution is -2.40. The van der Waals surface area contributed by atoms with Crippen LogP contribution in [0, 0.1) is 0 Å². The molecule has 74 valence electrons. The third kappa shape index (κ3) is 6.54. The molecule has 0 aliphatic rings. The summed E-state index contributed by atoms with van der Waals surface area (Å²) < 4.78 is 10.3. The molecule has 0 aromatic carbocycles. The molecular formula is C8H20N2O2. The SMILES string of the molecule is COCCC(COC(C)C)NN. The summed E-state index contributed by atoms with van der Waals surface area (Å²) in [6, 6.07) is 0.187. The Morgan fingerprint density at radius 3 is 2.50 bits per heavy atom. The molecule has 0 saturated heterocycles. The van der Waals surface area contributed by atoms with Crippen molar-refractivity contribution in [1.29, 1.82) is 0 Å². The van der Waals surface area contributed by atoms with Crippen LogP contribution in [0.1, 0.15) is 20.3 Å². The maximum absolute atomic E-state index is 5.39. The average Bonchev–Trinajstić information content (AvgIpc) is 2.05. The number of hydrogen-bond acceptors (Lipinski definition) is 4. The van der Waals surface area contributed by atoms with Crippen LogP contribution in [0.4, 0.5) is 0 Å². The molecule has 4 nitrogen and oxygen atoms in total. The zero-order chi connectivity index (χ0) is 9.40. The highest BCUT2D eigenvalue weighted by atomic mass is 16.5. The van der Waals surface area contributed by atoms with Gasteiger partial charge in [0.15, 0.2) is 0 Å². The van der Waals surface area contributed by atoms with E-state index in [1.165, 1.54) is 0 Å². The minimum atomic E-state index is 0.187. The van der Waals surface area contributed by atoms with E-state index in [2.05, 4.69) is 5.43 Å². The van der Waals surface area contributed by atoms with E-state index in [0.29, 0.717) is 13.2 Å². The number of nitrogens with two attached hydrogens (primary N) is 1. The van der Waals surface area contributed by atoms with Gasteiger partial charge in [-0.15, -0.1) is 0 Å². The highest BCUT2D eigenvalue weighted by Gasteiger charge is 2.06. The van der Waals surface area contributed by atoms with Crippen molar-refractivity contribution in [3.05, 3.63) is 0 Å². The summed E-state index contributed by atoms with van der Waals surface area (Å²) in [6.07, 6.45) is 1.13. The van der Waals surface area contributed by atoms with Crippen LogP contribution < -0.4 is 11.3 Å². The molecule has 1 atom stereocenters. The van der Waals surface area contributed by atoms with E-state index >= 15 is 0 Å². The van der Waals surface area contributed by atoms with Crippen molar-refractivity contribution in [3.63, 3.8) is 0 Å². The molecule has 0 aliphatic carbocycles. The van der Waals surface area contributed by atoms with Crippen molar-refractivity contribution in [1.82, 2.24) is 5.43 Å². The lowest BCUT2D eigenvalue weighted by Gasteiger charge is -2.16. The predicted octanol–water partition coefficient (Wildman–Crippen LogP) is 0.280. The molecular weight excluding hydrogens is 156 g/mol. The van der Waals surface area contributed by atoms with Crippen molar-refractivity contribution < 1.29 is 9.47 Å². The van der Waals surface area contributed by atoms with Gasteiger partial charge in [0.05, 0.1) is 12.7 Å². The first-order chi connectivity index (χ1) is 5.70. The Morgan fingerprint density at radius 1 is 1.42 bits per heavy atom. The summed E-state index contributed by atoms with van der Waals surface area (Å²) in [5, 5.41) is 0. The molecule has 0 aromatic rings. The minimum absolute atomic E-state index is 0.187. The molecule has 1 unspecified atom stereocenters. The molecule has 12 heavy (non-hydrogen) atoms. The lowest BCUT2D eigenvalue weighted by molar-refractivity contribution is 0.0529. The average molecular weight is 176 g/mol. The van der Waals surface area contributed by atoms with Crippen LogP contribution in [0.15, 0.2) is 0 Å². The summed E-state index contributed by atoms with van der Waals surface area (Å²) in [5.74, 6) is 5.31. The molecule has 0 fully saturated rings. The first-order valence-corrected chi connectivity index (χ1v) is 4.27. The second kappa shape index (κ2) is 7.49. The highest BCUT2D eigenvalue weighted by molar-refractivity contribution is 4.61. The third-order valence-corrected chi connectivity index (χ3v) is 1.54. The third-order valence-electron chi connectivity index (χ3n) is 1.54. The monoisotopic (exact) mass is 176 g/mol. The van der Waals surface area contributed by atoms with E-state index in [1.807, 2.05) is 13.8 Å². The van der Waals surface area contributed by atoms with Crippen molar-refractivity contribution in [2.75, 3.05) is 20.3 Å². The summed E-state index contributed by atoms with van der Waals surface area (Å²) in [7, 11) is 1.68. The quantitative estimate of drug-likeness (QED) is 0.432. The van der Waals surface area contributed by atoms with Crippen molar-refractivity contribution in [2.45, 2.75) is 32.4 Å². The highest BCUT2D eigenvalue weighted by Crippen LogP contribution is 1.95. The van der Waals surface area contributed by atoms with Crippen molar-refractivity contribution >= 4 is 0 Å². The Bertz CT molecular complexity index is 99.1. The summed E-state index contributed by atoms with van der Waals surface area (Å²) >= 11 is 0. The Hall–Kier alpha value is -0.160. The van der Waals surface area contributed by atoms with Crippen LogP contribution >= 0.6 is 0 Å². The van der Waals surface area contributed by atoms with Crippen LogP contribution in [0.3, 0.4) is 0 Å². The topological polar surface area (TPSA) is 56.5 Å². The van der Waals surface area contributed by atoms with E-state index in [0.717, 1.165) is 6.42 Å². The van der Waals surface area contributed by atoms with Gasteiger partial charge < -0.3 is 9.47 Å². The smallest absolute Gasteiger partial charge is 0.0637 e. The molecule has 0 aromatic heterocycles. The first kappa shape index (κ1) is 11.8. The van der Waals surface area contributed by atoms with Crippen LogP contribution in [-0.2, 0) is 9.47 Å². The van der Waals surface area contributed by atoms with E-state index in [1.54, 1.807) is 7.11 Å². The van der Waals surface area contributed by atoms with Crippen LogP contribution in [0.25, 0.3) is 0 Å². The number of hydrazine groups is 1. The Morgan fingerprint density at radius 2 is 2.08 bits per heavy atom. The van der Waals surface area contributed by atoms with Gasteiger partial charge in [-0.1, -0.05) is 0 Å². The largest absolute Gasteiger partial charge is 0.385 e. The van der Waals surface area contributed by atoms with Crippen LogP contribution in [0.2, 0.25) is 0 Å². The zero-order valence-electron chi connectivity index (χ0n) is 8.17. The number of ether oxygens (including phenoxy) is 2. The van der Waals surface area contributed by atoms with Crippen molar-refractivity contribution in [2.24, 2.45) is 5.84 Å². The fourth-order valence-corrected chi connectivity index (χ4v) is 0.783. The van der Waals surface area contributed by atoms with E-state index in [9.17, 15) is 0 Å². The normalized spacial score (nSPS) is 13.8. The molecule has 0 amide bonds. The molecule has 4 heteroatoms. The maximum Gasteiger partial charge on any atom is 0.0637 e. The molecule has 0 aliphatic heterocycles. The molecule has 0 spiro atoms. The Balaban J connectivity index is 3.39.